The molecule has 0 aliphatic carbocycles. The summed E-state index contributed by atoms with van der Waals surface area (Å²) in [5.41, 5.74) is 2.37. The highest BCUT2D eigenvalue weighted by Gasteiger charge is 2.25. The molecule has 9 heteroatoms. The molecular weight excluding hydrogens is 400 g/mol. The van der Waals surface area contributed by atoms with E-state index in [0.717, 1.165) is 50.7 Å². The molecule has 30 heavy (non-hydrogen) atoms. The lowest BCUT2D eigenvalue weighted by Crippen LogP contribution is -2.48. The van der Waals surface area contributed by atoms with E-state index < -0.39 is 0 Å². The molecule has 1 unspecified atom stereocenters. The third-order valence-corrected chi connectivity index (χ3v) is 6.57. The molecule has 2 aromatic rings. The maximum atomic E-state index is 12.7. The van der Waals surface area contributed by atoms with Crippen LogP contribution in [0.2, 0.25) is 0 Å². The van der Waals surface area contributed by atoms with Crippen molar-refractivity contribution in [2.45, 2.75) is 32.4 Å². The highest BCUT2D eigenvalue weighted by atomic mass is 32.1. The Bertz CT molecular complexity index is 892. The molecule has 2 aliphatic rings. The summed E-state index contributed by atoms with van der Waals surface area (Å²) in [5.74, 6) is 1.03. The normalized spacial score (nSPS) is 19.7. The van der Waals surface area contributed by atoms with Crippen LogP contribution in [-0.4, -0.2) is 70.8 Å². The number of hydrogen-bond donors (Lipinski definition) is 1. The molecule has 0 saturated carbocycles. The van der Waals surface area contributed by atoms with Crippen LogP contribution < -0.4 is 5.32 Å². The molecule has 1 atom stereocenters. The Morgan fingerprint density at radius 2 is 2.30 bits per heavy atom. The molecule has 0 spiro atoms. The van der Waals surface area contributed by atoms with Crippen LogP contribution in [0.1, 0.15) is 35.5 Å². The molecular formula is C21H30N6O2S. The number of ether oxygens (including phenoxy) is 1. The maximum absolute atomic E-state index is 12.7. The summed E-state index contributed by atoms with van der Waals surface area (Å²) in [7, 11) is 1.91. The SMILES string of the molecule is CCNC(=NCCC(=O)N1CCc2sccc2C1)N1CCOC(c2cnn(C)c2)C1. The summed E-state index contributed by atoms with van der Waals surface area (Å²) in [5, 5.41) is 9.74. The second-order valence-corrected chi connectivity index (χ2v) is 8.67. The smallest absolute Gasteiger partial charge is 0.224 e. The monoisotopic (exact) mass is 430 g/mol. The van der Waals surface area contributed by atoms with Gasteiger partial charge < -0.3 is 19.9 Å². The van der Waals surface area contributed by atoms with Crippen LogP contribution in [-0.2, 0) is 29.5 Å². The second-order valence-electron chi connectivity index (χ2n) is 7.67. The number of guanidine groups is 1. The van der Waals surface area contributed by atoms with Gasteiger partial charge in [0.2, 0.25) is 5.91 Å². The van der Waals surface area contributed by atoms with Crippen molar-refractivity contribution in [1.29, 1.82) is 0 Å². The number of hydrogen-bond acceptors (Lipinski definition) is 5. The van der Waals surface area contributed by atoms with Gasteiger partial charge in [0.25, 0.3) is 0 Å². The van der Waals surface area contributed by atoms with Gasteiger partial charge in [-0.1, -0.05) is 0 Å². The molecule has 1 amide bonds. The number of rotatable bonds is 5. The summed E-state index contributed by atoms with van der Waals surface area (Å²) in [6, 6.07) is 2.14. The molecule has 4 rings (SSSR count). The van der Waals surface area contributed by atoms with Crippen LogP contribution in [0.15, 0.2) is 28.8 Å². The fourth-order valence-electron chi connectivity index (χ4n) is 3.95. The van der Waals surface area contributed by atoms with E-state index in [4.69, 9.17) is 9.73 Å². The van der Waals surface area contributed by atoms with Crippen LogP contribution in [0.5, 0.6) is 0 Å². The third kappa shape index (κ3) is 4.84. The lowest BCUT2D eigenvalue weighted by molar-refractivity contribution is -0.131. The average molecular weight is 431 g/mol. The first kappa shape index (κ1) is 20.9. The molecule has 2 aromatic heterocycles. The van der Waals surface area contributed by atoms with Gasteiger partial charge >= 0.3 is 0 Å². The van der Waals surface area contributed by atoms with Crippen LogP contribution in [0, 0.1) is 0 Å². The number of aryl methyl sites for hydroxylation is 1. The molecule has 1 N–H and O–H groups in total. The molecule has 2 aliphatic heterocycles. The second kappa shape index (κ2) is 9.61. The quantitative estimate of drug-likeness (QED) is 0.578. The summed E-state index contributed by atoms with van der Waals surface area (Å²) < 4.78 is 7.74. The lowest BCUT2D eigenvalue weighted by atomic mass is 10.1. The van der Waals surface area contributed by atoms with E-state index in [9.17, 15) is 4.79 Å². The minimum Gasteiger partial charge on any atom is -0.370 e. The highest BCUT2D eigenvalue weighted by Crippen LogP contribution is 2.24. The van der Waals surface area contributed by atoms with E-state index in [1.54, 1.807) is 16.0 Å². The first-order valence-corrected chi connectivity index (χ1v) is 11.5. The van der Waals surface area contributed by atoms with Crippen molar-refractivity contribution in [3.63, 3.8) is 0 Å². The van der Waals surface area contributed by atoms with Crippen molar-refractivity contribution in [1.82, 2.24) is 24.9 Å². The van der Waals surface area contributed by atoms with Gasteiger partial charge in [0.05, 0.1) is 25.9 Å². The van der Waals surface area contributed by atoms with Crippen molar-refractivity contribution in [3.05, 3.63) is 39.8 Å². The molecule has 0 radical (unpaired) electrons. The molecule has 162 valence electrons. The van der Waals surface area contributed by atoms with E-state index in [0.29, 0.717) is 19.6 Å². The Morgan fingerprint density at radius 3 is 3.10 bits per heavy atom. The van der Waals surface area contributed by atoms with Gasteiger partial charge in [0.1, 0.15) is 6.10 Å². The van der Waals surface area contributed by atoms with Gasteiger partial charge in [0.15, 0.2) is 5.96 Å². The minimum absolute atomic E-state index is 0.0221. The predicted octanol–water partition coefficient (Wildman–Crippen LogP) is 1.80. The van der Waals surface area contributed by atoms with E-state index in [2.05, 4.69) is 33.7 Å². The predicted molar refractivity (Wildman–Crippen MR) is 118 cm³/mol. The molecule has 1 saturated heterocycles. The first-order chi connectivity index (χ1) is 14.6. The topological polar surface area (TPSA) is 75.0 Å². The number of nitrogens with zero attached hydrogens (tertiary/aromatic N) is 5. The van der Waals surface area contributed by atoms with Gasteiger partial charge in [-0.15, -0.1) is 11.3 Å². The van der Waals surface area contributed by atoms with E-state index in [1.807, 2.05) is 24.3 Å². The summed E-state index contributed by atoms with van der Waals surface area (Å²) in [6.45, 7) is 7.02. The van der Waals surface area contributed by atoms with Gasteiger partial charge in [-0.05, 0) is 30.4 Å². The van der Waals surface area contributed by atoms with Gasteiger partial charge in [-0.2, -0.15) is 5.10 Å². The summed E-state index contributed by atoms with van der Waals surface area (Å²) in [6.07, 6.45) is 5.23. The zero-order valence-corrected chi connectivity index (χ0v) is 18.5. The first-order valence-electron chi connectivity index (χ1n) is 10.6. The Labute approximate surface area is 181 Å². The van der Waals surface area contributed by atoms with Crippen molar-refractivity contribution in [2.75, 3.05) is 39.3 Å². The Morgan fingerprint density at radius 1 is 1.40 bits per heavy atom. The van der Waals surface area contributed by atoms with Gasteiger partial charge in [-0.25, -0.2) is 0 Å². The van der Waals surface area contributed by atoms with Gasteiger partial charge in [0, 0.05) is 56.3 Å². The van der Waals surface area contributed by atoms with Crippen LogP contribution >= 0.6 is 11.3 Å². The Kier molecular flexibility index (Phi) is 6.69. The van der Waals surface area contributed by atoms with Crippen molar-refractivity contribution < 1.29 is 9.53 Å². The third-order valence-electron chi connectivity index (χ3n) is 5.55. The highest BCUT2D eigenvalue weighted by molar-refractivity contribution is 7.10. The zero-order chi connectivity index (χ0) is 20.9. The number of carbonyl (C=O) groups is 1. The zero-order valence-electron chi connectivity index (χ0n) is 17.7. The van der Waals surface area contributed by atoms with E-state index in [-0.39, 0.29) is 12.0 Å². The Balaban J connectivity index is 1.33. The number of aliphatic imine (C=N–C) groups is 1. The van der Waals surface area contributed by atoms with Gasteiger partial charge in [-0.3, -0.25) is 14.5 Å². The van der Waals surface area contributed by atoms with Crippen molar-refractivity contribution in [3.8, 4) is 0 Å². The minimum atomic E-state index is -0.0221. The van der Waals surface area contributed by atoms with E-state index >= 15 is 0 Å². The van der Waals surface area contributed by atoms with Crippen LogP contribution in [0.25, 0.3) is 0 Å². The van der Waals surface area contributed by atoms with Crippen molar-refractivity contribution in [2.24, 2.45) is 12.0 Å². The standard InChI is InChI=1S/C21H30N6O2S/c1-3-22-21(27-9-10-29-18(15-27)17-12-24-25(2)13-17)23-7-4-20(28)26-8-5-19-16(14-26)6-11-30-19/h6,11-13,18H,3-5,7-10,14-15H2,1-2H3,(H,22,23). The fourth-order valence-corrected chi connectivity index (χ4v) is 4.84. The van der Waals surface area contributed by atoms with Crippen LogP contribution in [0.3, 0.4) is 0 Å². The number of amides is 1. The Hall–Kier alpha value is -2.39. The largest absolute Gasteiger partial charge is 0.370 e. The number of morpholine rings is 1. The molecule has 4 heterocycles. The number of thiophene rings is 1. The maximum Gasteiger partial charge on any atom is 0.224 e. The summed E-state index contributed by atoms with van der Waals surface area (Å²) >= 11 is 1.79. The van der Waals surface area contributed by atoms with Crippen molar-refractivity contribution >= 4 is 23.2 Å². The lowest BCUT2D eigenvalue weighted by Gasteiger charge is -2.34. The average Bonchev–Trinajstić information content (AvgIpc) is 3.41. The summed E-state index contributed by atoms with van der Waals surface area (Å²) in [4.78, 5) is 23.0. The molecule has 1 fully saturated rings. The number of aromatic nitrogens is 2. The van der Waals surface area contributed by atoms with E-state index in [1.165, 1.54) is 10.4 Å². The number of carbonyl (C=O) groups excluding carboxylic acids is 1. The molecule has 8 nitrogen and oxygen atoms in total. The number of nitrogens with one attached hydrogen (secondary N) is 1. The molecule has 0 bridgehead atoms. The fraction of sp³-hybridized carbons (Fsp3) is 0.571. The van der Waals surface area contributed by atoms with Crippen LogP contribution in [0.4, 0.5) is 0 Å². The number of fused-ring (bicyclic) bond motifs is 1. The molecule has 0 aromatic carbocycles.